The summed E-state index contributed by atoms with van der Waals surface area (Å²) in [6.07, 6.45) is 0. The highest BCUT2D eigenvalue weighted by Crippen LogP contribution is 2.10. The van der Waals surface area contributed by atoms with Crippen LogP contribution in [-0.2, 0) is 20.9 Å². The van der Waals surface area contributed by atoms with E-state index < -0.39 is 6.04 Å². The molecule has 1 rings (SSSR count). The molecule has 1 atom stereocenters. The number of methoxy groups -OCH3 is 1. The average Bonchev–Trinajstić information content (AvgIpc) is 2.35. The van der Waals surface area contributed by atoms with Crippen molar-refractivity contribution in [1.29, 1.82) is 0 Å². The first kappa shape index (κ1) is 15.0. The standard InChI is InChI=1S/C13H18N2O4/c1-9(16)15-12(8-19-2)13(18)14-7-10-4-3-5-11(17)6-10/h3-6,12,17H,7-8H2,1-2H3,(H,14,18)(H,15,16)/t12-/m1/s1. The van der Waals surface area contributed by atoms with Gasteiger partial charge in [-0.1, -0.05) is 12.1 Å². The van der Waals surface area contributed by atoms with E-state index in [9.17, 15) is 14.7 Å². The number of carbonyl (C=O) groups is 2. The van der Waals surface area contributed by atoms with Crippen molar-refractivity contribution in [3.8, 4) is 5.75 Å². The molecule has 0 saturated carbocycles. The fraction of sp³-hybridized carbons (Fsp3) is 0.385. The molecule has 0 aliphatic heterocycles. The normalized spacial score (nSPS) is 11.7. The van der Waals surface area contributed by atoms with Crippen LogP contribution in [0.5, 0.6) is 5.75 Å². The highest BCUT2D eigenvalue weighted by atomic mass is 16.5. The molecule has 2 amide bonds. The van der Waals surface area contributed by atoms with Gasteiger partial charge < -0.3 is 20.5 Å². The first-order chi connectivity index (χ1) is 9.02. The van der Waals surface area contributed by atoms with Gasteiger partial charge in [-0.25, -0.2) is 0 Å². The van der Waals surface area contributed by atoms with Crippen LogP contribution in [0.3, 0.4) is 0 Å². The zero-order valence-electron chi connectivity index (χ0n) is 11.0. The highest BCUT2D eigenvalue weighted by Gasteiger charge is 2.18. The van der Waals surface area contributed by atoms with Crippen molar-refractivity contribution in [3.05, 3.63) is 29.8 Å². The summed E-state index contributed by atoms with van der Waals surface area (Å²) in [6.45, 7) is 1.71. The molecule has 1 aromatic carbocycles. The Morgan fingerprint density at radius 3 is 2.74 bits per heavy atom. The summed E-state index contributed by atoms with van der Waals surface area (Å²) in [4.78, 5) is 22.8. The summed E-state index contributed by atoms with van der Waals surface area (Å²) in [5.74, 6) is -0.489. The van der Waals surface area contributed by atoms with Crippen molar-refractivity contribution >= 4 is 11.8 Å². The van der Waals surface area contributed by atoms with Gasteiger partial charge in [-0.05, 0) is 17.7 Å². The summed E-state index contributed by atoms with van der Waals surface area (Å²) < 4.78 is 4.88. The minimum absolute atomic E-state index is 0.103. The van der Waals surface area contributed by atoms with Crippen LogP contribution < -0.4 is 10.6 Å². The molecule has 0 aromatic heterocycles. The fourth-order valence-electron chi connectivity index (χ4n) is 1.57. The molecule has 0 unspecified atom stereocenters. The molecule has 6 heteroatoms. The summed E-state index contributed by atoms with van der Waals surface area (Å²) in [7, 11) is 1.46. The minimum atomic E-state index is -0.722. The predicted octanol–water partition coefficient (Wildman–Crippen LogP) is 0.160. The van der Waals surface area contributed by atoms with Crippen molar-refractivity contribution in [3.63, 3.8) is 0 Å². The number of carbonyl (C=O) groups excluding carboxylic acids is 2. The Hall–Kier alpha value is -2.08. The Morgan fingerprint density at radius 1 is 1.42 bits per heavy atom. The third-order valence-corrected chi connectivity index (χ3v) is 2.40. The Bertz CT molecular complexity index is 448. The highest BCUT2D eigenvalue weighted by molar-refractivity contribution is 5.86. The smallest absolute Gasteiger partial charge is 0.245 e. The number of phenols is 1. The zero-order chi connectivity index (χ0) is 14.3. The summed E-state index contributed by atoms with van der Waals surface area (Å²) in [5.41, 5.74) is 0.771. The quantitative estimate of drug-likeness (QED) is 0.684. The van der Waals surface area contributed by atoms with Crippen LogP contribution in [0.1, 0.15) is 12.5 Å². The summed E-state index contributed by atoms with van der Waals surface area (Å²) >= 11 is 0. The molecule has 0 fully saturated rings. The van der Waals surface area contributed by atoms with Crippen molar-refractivity contribution in [2.45, 2.75) is 19.5 Å². The molecule has 0 spiro atoms. The Morgan fingerprint density at radius 2 is 2.16 bits per heavy atom. The lowest BCUT2D eigenvalue weighted by Gasteiger charge is -2.16. The zero-order valence-corrected chi connectivity index (χ0v) is 11.0. The Balaban J connectivity index is 2.54. The topological polar surface area (TPSA) is 87.7 Å². The van der Waals surface area contributed by atoms with Gasteiger partial charge in [-0.2, -0.15) is 0 Å². The van der Waals surface area contributed by atoms with E-state index in [0.717, 1.165) is 5.56 Å². The lowest BCUT2D eigenvalue weighted by molar-refractivity contribution is -0.129. The van der Waals surface area contributed by atoms with Crippen LogP contribution in [0.4, 0.5) is 0 Å². The third-order valence-electron chi connectivity index (χ3n) is 2.40. The van der Waals surface area contributed by atoms with Crippen molar-refractivity contribution in [1.82, 2.24) is 10.6 Å². The van der Waals surface area contributed by atoms with Crippen LogP contribution in [0.25, 0.3) is 0 Å². The molecule has 19 heavy (non-hydrogen) atoms. The van der Waals surface area contributed by atoms with Crippen LogP contribution in [0, 0.1) is 0 Å². The number of phenolic OH excluding ortho intramolecular Hbond substituents is 1. The molecule has 3 N–H and O–H groups in total. The molecule has 0 radical (unpaired) electrons. The van der Waals surface area contributed by atoms with Crippen molar-refractivity contribution in [2.24, 2.45) is 0 Å². The minimum Gasteiger partial charge on any atom is -0.508 e. The van der Waals surface area contributed by atoms with E-state index in [1.54, 1.807) is 24.3 Å². The number of aromatic hydroxyl groups is 1. The average molecular weight is 266 g/mol. The van der Waals surface area contributed by atoms with Crippen LogP contribution in [0.15, 0.2) is 24.3 Å². The SMILES string of the molecule is COC[C@@H](NC(C)=O)C(=O)NCc1cccc(O)c1. The van der Waals surface area contributed by atoms with Gasteiger partial charge in [0.05, 0.1) is 6.61 Å². The molecular formula is C13H18N2O4. The lowest BCUT2D eigenvalue weighted by Crippen LogP contribution is -2.48. The summed E-state index contributed by atoms with van der Waals surface area (Å²) in [6, 6.07) is 5.86. The van der Waals surface area contributed by atoms with Crippen molar-refractivity contribution in [2.75, 3.05) is 13.7 Å². The monoisotopic (exact) mass is 266 g/mol. The number of rotatable bonds is 6. The van der Waals surface area contributed by atoms with Gasteiger partial charge in [-0.3, -0.25) is 9.59 Å². The fourth-order valence-corrected chi connectivity index (χ4v) is 1.57. The molecule has 0 bridgehead atoms. The number of amides is 2. The molecule has 6 nitrogen and oxygen atoms in total. The lowest BCUT2D eigenvalue weighted by atomic mass is 10.2. The second-order valence-electron chi connectivity index (χ2n) is 4.10. The van der Waals surface area contributed by atoms with Gasteiger partial charge in [0.15, 0.2) is 0 Å². The van der Waals surface area contributed by atoms with E-state index >= 15 is 0 Å². The Labute approximate surface area is 111 Å². The van der Waals surface area contributed by atoms with Gasteiger partial charge in [-0.15, -0.1) is 0 Å². The maximum Gasteiger partial charge on any atom is 0.245 e. The van der Waals surface area contributed by atoms with Gasteiger partial charge in [0.2, 0.25) is 11.8 Å². The Kier molecular flexibility index (Phi) is 5.81. The van der Waals surface area contributed by atoms with Crippen LogP contribution >= 0.6 is 0 Å². The van der Waals surface area contributed by atoms with E-state index in [0.29, 0.717) is 0 Å². The molecule has 0 saturated heterocycles. The van der Waals surface area contributed by atoms with E-state index in [2.05, 4.69) is 10.6 Å². The van der Waals surface area contributed by atoms with E-state index in [1.807, 2.05) is 0 Å². The second-order valence-corrected chi connectivity index (χ2v) is 4.10. The molecular weight excluding hydrogens is 248 g/mol. The van der Waals surface area contributed by atoms with Gasteiger partial charge in [0.25, 0.3) is 0 Å². The van der Waals surface area contributed by atoms with Gasteiger partial charge in [0, 0.05) is 20.6 Å². The first-order valence-electron chi connectivity index (χ1n) is 5.84. The number of benzene rings is 1. The van der Waals surface area contributed by atoms with Crippen LogP contribution in [0.2, 0.25) is 0 Å². The van der Waals surface area contributed by atoms with E-state index in [-0.39, 0.29) is 30.7 Å². The van der Waals surface area contributed by atoms with Gasteiger partial charge in [0.1, 0.15) is 11.8 Å². The number of nitrogens with one attached hydrogen (secondary N) is 2. The van der Waals surface area contributed by atoms with Crippen LogP contribution in [-0.4, -0.2) is 36.7 Å². The molecule has 104 valence electrons. The first-order valence-corrected chi connectivity index (χ1v) is 5.84. The van der Waals surface area contributed by atoms with E-state index in [1.165, 1.54) is 14.0 Å². The number of hydrogen-bond acceptors (Lipinski definition) is 4. The maximum atomic E-state index is 11.9. The van der Waals surface area contributed by atoms with Gasteiger partial charge >= 0.3 is 0 Å². The maximum absolute atomic E-state index is 11.9. The second kappa shape index (κ2) is 7.38. The third kappa shape index (κ3) is 5.39. The molecule has 0 aliphatic rings. The predicted molar refractivity (Wildman–Crippen MR) is 69.4 cm³/mol. The number of ether oxygens (including phenoxy) is 1. The molecule has 0 aliphatic carbocycles. The molecule has 1 aromatic rings. The summed E-state index contributed by atoms with van der Waals surface area (Å²) in [5, 5.41) is 14.5. The largest absolute Gasteiger partial charge is 0.508 e. The number of hydrogen-bond donors (Lipinski definition) is 3. The molecule has 0 heterocycles. The van der Waals surface area contributed by atoms with Crippen molar-refractivity contribution < 1.29 is 19.4 Å². The van der Waals surface area contributed by atoms with E-state index in [4.69, 9.17) is 4.74 Å².